The summed E-state index contributed by atoms with van der Waals surface area (Å²) in [4.78, 5) is 12.4. The van der Waals surface area contributed by atoms with Crippen LogP contribution >= 0.6 is 0 Å². The number of carbonyl (C=O) groups excluding carboxylic acids is 1. The van der Waals surface area contributed by atoms with Crippen molar-refractivity contribution in [2.75, 3.05) is 5.32 Å². The summed E-state index contributed by atoms with van der Waals surface area (Å²) >= 11 is 0. The van der Waals surface area contributed by atoms with Gasteiger partial charge in [-0.15, -0.1) is 0 Å². The molecular weight excluding hydrogens is 366 g/mol. The number of rotatable bonds is 6. The minimum Gasteiger partial charge on any atom is -0.489 e. The molecular formula is C21H20F2N2O3. The molecule has 2 aromatic rings. The average Bonchev–Trinajstić information content (AvgIpc) is 2.70. The van der Waals surface area contributed by atoms with Crippen molar-refractivity contribution in [2.24, 2.45) is 5.92 Å². The number of para-hydroxylation sites is 1. The molecule has 0 radical (unpaired) electrons. The highest BCUT2D eigenvalue weighted by atomic mass is 19.3. The van der Waals surface area contributed by atoms with Crippen LogP contribution in [0.3, 0.4) is 0 Å². The van der Waals surface area contributed by atoms with Crippen LogP contribution in [-0.2, 0) is 4.79 Å². The lowest BCUT2D eigenvalue weighted by Crippen LogP contribution is -2.31. The molecule has 28 heavy (non-hydrogen) atoms. The van der Waals surface area contributed by atoms with Gasteiger partial charge in [0.2, 0.25) is 5.91 Å². The number of nitriles is 1. The van der Waals surface area contributed by atoms with Gasteiger partial charge in [-0.2, -0.15) is 14.0 Å². The minimum absolute atomic E-state index is 0.0238. The SMILES string of the molecule is N#Cc1ccccc1O[C@H]1CC[C@@H](C(=O)Nc2ccc(OC(F)F)cc2)CC1. The Morgan fingerprint density at radius 1 is 1.07 bits per heavy atom. The largest absolute Gasteiger partial charge is 0.489 e. The number of alkyl halides is 2. The standard InChI is InChI=1S/C21H20F2N2O3/c22-21(23)28-18-11-7-16(8-12-18)25-20(26)14-5-9-17(10-6-14)27-19-4-2-1-3-15(19)13-24/h1-4,7-8,11-12,14,17,21H,5-6,9-10H2,(H,25,26)/t14-,17+. The van der Waals surface area contributed by atoms with Gasteiger partial charge in [0.25, 0.3) is 0 Å². The van der Waals surface area contributed by atoms with Crippen molar-refractivity contribution in [1.29, 1.82) is 5.26 Å². The number of ether oxygens (including phenoxy) is 2. The van der Waals surface area contributed by atoms with Crippen LogP contribution < -0.4 is 14.8 Å². The molecule has 0 spiro atoms. The number of benzene rings is 2. The Morgan fingerprint density at radius 2 is 1.75 bits per heavy atom. The molecule has 2 aromatic carbocycles. The van der Waals surface area contributed by atoms with E-state index < -0.39 is 6.61 Å². The fraction of sp³-hybridized carbons (Fsp3) is 0.333. The van der Waals surface area contributed by atoms with Crippen LogP contribution in [0.2, 0.25) is 0 Å². The zero-order valence-corrected chi connectivity index (χ0v) is 15.1. The molecule has 0 saturated heterocycles. The molecule has 3 rings (SSSR count). The summed E-state index contributed by atoms with van der Waals surface area (Å²) < 4.78 is 34.6. The normalized spacial score (nSPS) is 18.9. The maximum absolute atomic E-state index is 12.4. The molecule has 5 nitrogen and oxygen atoms in total. The Morgan fingerprint density at radius 3 is 2.39 bits per heavy atom. The summed E-state index contributed by atoms with van der Waals surface area (Å²) in [7, 11) is 0. The second-order valence-electron chi connectivity index (χ2n) is 6.59. The predicted molar refractivity (Wildman–Crippen MR) is 99.2 cm³/mol. The third kappa shape index (κ3) is 5.19. The van der Waals surface area contributed by atoms with E-state index in [1.807, 2.05) is 6.07 Å². The molecule has 1 aliphatic carbocycles. The number of anilines is 1. The molecule has 1 amide bonds. The van der Waals surface area contributed by atoms with E-state index in [4.69, 9.17) is 10.00 Å². The molecule has 1 N–H and O–H groups in total. The maximum atomic E-state index is 12.4. The number of carbonyl (C=O) groups is 1. The Balaban J connectivity index is 1.49. The monoisotopic (exact) mass is 386 g/mol. The molecule has 1 fully saturated rings. The molecule has 0 aliphatic heterocycles. The first-order valence-electron chi connectivity index (χ1n) is 9.06. The van der Waals surface area contributed by atoms with E-state index in [2.05, 4.69) is 16.1 Å². The summed E-state index contributed by atoms with van der Waals surface area (Å²) in [6, 6.07) is 15.1. The van der Waals surface area contributed by atoms with E-state index in [1.54, 1.807) is 18.2 Å². The van der Waals surface area contributed by atoms with Gasteiger partial charge in [-0.3, -0.25) is 4.79 Å². The van der Waals surface area contributed by atoms with Gasteiger partial charge in [0, 0.05) is 11.6 Å². The van der Waals surface area contributed by atoms with Crippen molar-refractivity contribution in [3.05, 3.63) is 54.1 Å². The van der Waals surface area contributed by atoms with Gasteiger partial charge in [0.05, 0.1) is 11.7 Å². The van der Waals surface area contributed by atoms with Crippen molar-refractivity contribution < 1.29 is 23.0 Å². The third-order valence-electron chi connectivity index (χ3n) is 4.69. The summed E-state index contributed by atoms with van der Waals surface area (Å²) in [6.45, 7) is -2.88. The smallest absolute Gasteiger partial charge is 0.387 e. The highest BCUT2D eigenvalue weighted by Crippen LogP contribution is 2.30. The van der Waals surface area contributed by atoms with Gasteiger partial charge in [-0.05, 0) is 62.1 Å². The molecule has 7 heteroatoms. The Hall–Kier alpha value is -3.14. The molecule has 0 bridgehead atoms. The van der Waals surface area contributed by atoms with Crippen molar-refractivity contribution in [3.8, 4) is 17.6 Å². The van der Waals surface area contributed by atoms with E-state index in [0.29, 0.717) is 29.8 Å². The van der Waals surface area contributed by atoms with Crippen LogP contribution in [-0.4, -0.2) is 18.6 Å². The number of nitrogens with zero attached hydrogens (tertiary/aromatic N) is 1. The lowest BCUT2D eigenvalue weighted by atomic mass is 9.86. The fourth-order valence-electron chi connectivity index (χ4n) is 3.25. The quantitative estimate of drug-likeness (QED) is 0.779. The van der Waals surface area contributed by atoms with Gasteiger partial charge >= 0.3 is 6.61 Å². The highest BCUT2D eigenvalue weighted by molar-refractivity contribution is 5.92. The van der Waals surface area contributed by atoms with Gasteiger partial charge in [0.1, 0.15) is 17.6 Å². The van der Waals surface area contributed by atoms with Crippen LogP contribution in [0, 0.1) is 17.2 Å². The van der Waals surface area contributed by atoms with Crippen molar-refractivity contribution in [3.63, 3.8) is 0 Å². The van der Waals surface area contributed by atoms with Gasteiger partial charge in [-0.1, -0.05) is 12.1 Å². The van der Waals surface area contributed by atoms with Crippen LogP contribution in [0.1, 0.15) is 31.2 Å². The average molecular weight is 386 g/mol. The minimum atomic E-state index is -2.88. The summed E-state index contributed by atoms with van der Waals surface area (Å²) in [5, 5.41) is 11.9. The van der Waals surface area contributed by atoms with Gasteiger partial charge < -0.3 is 14.8 Å². The summed E-state index contributed by atoms with van der Waals surface area (Å²) in [5.41, 5.74) is 1.04. The van der Waals surface area contributed by atoms with Gasteiger partial charge in [0.15, 0.2) is 0 Å². The van der Waals surface area contributed by atoms with Crippen LogP contribution in [0.4, 0.5) is 14.5 Å². The fourth-order valence-corrected chi connectivity index (χ4v) is 3.25. The highest BCUT2D eigenvalue weighted by Gasteiger charge is 2.27. The Bertz CT molecular complexity index is 841. The second kappa shape index (κ2) is 9.18. The number of amides is 1. The molecule has 0 heterocycles. The first-order valence-corrected chi connectivity index (χ1v) is 9.06. The first-order chi connectivity index (χ1) is 13.5. The number of hydrogen-bond donors (Lipinski definition) is 1. The second-order valence-corrected chi connectivity index (χ2v) is 6.59. The van der Waals surface area contributed by atoms with Crippen molar-refractivity contribution >= 4 is 11.6 Å². The van der Waals surface area contributed by atoms with Crippen molar-refractivity contribution in [2.45, 2.75) is 38.4 Å². The molecule has 0 atom stereocenters. The lowest BCUT2D eigenvalue weighted by Gasteiger charge is -2.28. The van der Waals surface area contributed by atoms with Crippen molar-refractivity contribution in [1.82, 2.24) is 0 Å². The maximum Gasteiger partial charge on any atom is 0.387 e. The van der Waals surface area contributed by atoms with E-state index in [1.165, 1.54) is 24.3 Å². The van der Waals surface area contributed by atoms with E-state index in [-0.39, 0.29) is 23.7 Å². The van der Waals surface area contributed by atoms with E-state index >= 15 is 0 Å². The number of nitrogens with one attached hydrogen (secondary N) is 1. The molecule has 1 saturated carbocycles. The number of hydrogen-bond acceptors (Lipinski definition) is 4. The molecule has 0 aromatic heterocycles. The molecule has 146 valence electrons. The summed E-state index contributed by atoms with van der Waals surface area (Å²) in [5.74, 6) is 0.383. The third-order valence-corrected chi connectivity index (χ3v) is 4.69. The first kappa shape index (κ1) is 19.6. The van der Waals surface area contributed by atoms with Crippen LogP contribution in [0.15, 0.2) is 48.5 Å². The summed E-state index contributed by atoms with van der Waals surface area (Å²) in [6.07, 6.45) is 2.78. The number of halogens is 2. The Kier molecular flexibility index (Phi) is 6.43. The van der Waals surface area contributed by atoms with Crippen LogP contribution in [0.5, 0.6) is 11.5 Å². The zero-order valence-electron chi connectivity index (χ0n) is 15.1. The molecule has 0 unspecified atom stereocenters. The molecule has 1 aliphatic rings. The Labute approximate surface area is 161 Å². The predicted octanol–water partition coefficient (Wildman–Crippen LogP) is 4.74. The topological polar surface area (TPSA) is 71.3 Å². The van der Waals surface area contributed by atoms with Crippen LogP contribution in [0.25, 0.3) is 0 Å². The van der Waals surface area contributed by atoms with E-state index in [9.17, 15) is 13.6 Å². The van der Waals surface area contributed by atoms with Gasteiger partial charge in [-0.25, -0.2) is 0 Å². The van der Waals surface area contributed by atoms with E-state index in [0.717, 1.165) is 12.8 Å². The lowest BCUT2D eigenvalue weighted by molar-refractivity contribution is -0.121. The zero-order chi connectivity index (χ0) is 19.9.